The van der Waals surface area contributed by atoms with E-state index in [0.717, 1.165) is 5.64 Å². The number of ether oxygens (including phenoxy) is 1. The van der Waals surface area contributed by atoms with E-state index in [-0.39, 0.29) is 6.10 Å². The van der Waals surface area contributed by atoms with Crippen molar-refractivity contribution in [1.29, 1.82) is 0 Å². The molecule has 1 aromatic heterocycles. The standard InChI is InChI=1S/C8H11BO/c1-7(2)10-8-5-3-4-6-9-8/h3-7H,1-2H3. The van der Waals surface area contributed by atoms with Crippen LogP contribution < -0.4 is 4.74 Å². The van der Waals surface area contributed by atoms with Crippen LogP contribution in [0.3, 0.4) is 0 Å². The average Bonchev–Trinajstić information content (AvgIpc) is 1.88. The van der Waals surface area contributed by atoms with Gasteiger partial charge in [0, 0.05) is 0 Å². The molecule has 1 nitrogen and oxygen atoms in total. The van der Waals surface area contributed by atoms with Gasteiger partial charge in [-0.15, -0.1) is 0 Å². The van der Waals surface area contributed by atoms with Crippen molar-refractivity contribution < 1.29 is 4.74 Å². The zero-order valence-corrected chi connectivity index (χ0v) is 6.37. The van der Waals surface area contributed by atoms with Gasteiger partial charge in [0.25, 0.3) is 0 Å². The Bertz CT molecular complexity index is 184. The Morgan fingerprint density at radius 3 is 2.70 bits per heavy atom. The minimum absolute atomic E-state index is 0.266. The Hall–Kier alpha value is -0.785. The third kappa shape index (κ3) is 2.22. The van der Waals surface area contributed by atoms with Gasteiger partial charge < -0.3 is 0 Å². The van der Waals surface area contributed by atoms with Crippen molar-refractivity contribution in [2.24, 2.45) is 0 Å². The number of hydrogen-bond acceptors (Lipinski definition) is 1. The molecule has 0 bridgehead atoms. The first kappa shape index (κ1) is 7.32. The SMILES string of the molecule is CC(C)Oc1bcccc1. The van der Waals surface area contributed by atoms with E-state index in [1.165, 1.54) is 0 Å². The quantitative estimate of drug-likeness (QED) is 0.599. The van der Waals surface area contributed by atoms with Crippen LogP contribution in [0.15, 0.2) is 24.2 Å². The molecule has 0 atom stereocenters. The molecule has 0 aliphatic carbocycles. The van der Waals surface area contributed by atoms with Crippen molar-refractivity contribution in [3.8, 4) is 5.64 Å². The molecule has 52 valence electrons. The first-order chi connectivity index (χ1) is 4.79. The van der Waals surface area contributed by atoms with Gasteiger partial charge in [0.05, 0.1) is 0 Å². The summed E-state index contributed by atoms with van der Waals surface area (Å²) in [6.07, 6.45) is 0.266. The van der Waals surface area contributed by atoms with Crippen LogP contribution in [0.4, 0.5) is 0 Å². The van der Waals surface area contributed by atoms with E-state index in [1.807, 2.05) is 44.9 Å². The molecule has 0 spiro atoms. The van der Waals surface area contributed by atoms with Crippen LogP contribution in [0.25, 0.3) is 0 Å². The Kier molecular flexibility index (Phi) is 2.49. The molecule has 0 aliphatic heterocycles. The van der Waals surface area contributed by atoms with Gasteiger partial charge in [-0.05, 0) is 0 Å². The first-order valence-corrected chi connectivity index (χ1v) is 3.51. The van der Waals surface area contributed by atoms with Crippen molar-refractivity contribution >= 4 is 6.91 Å². The van der Waals surface area contributed by atoms with Gasteiger partial charge in [-0.3, -0.25) is 0 Å². The van der Waals surface area contributed by atoms with Crippen LogP contribution in [0, 0.1) is 0 Å². The Morgan fingerprint density at radius 2 is 2.20 bits per heavy atom. The van der Waals surface area contributed by atoms with Crippen molar-refractivity contribution in [2.45, 2.75) is 20.0 Å². The van der Waals surface area contributed by atoms with Crippen molar-refractivity contribution in [3.63, 3.8) is 0 Å². The van der Waals surface area contributed by atoms with Gasteiger partial charge in [-0.25, -0.2) is 0 Å². The van der Waals surface area contributed by atoms with Crippen molar-refractivity contribution in [1.82, 2.24) is 0 Å². The monoisotopic (exact) mass is 134 g/mol. The summed E-state index contributed by atoms with van der Waals surface area (Å²) in [6.45, 7) is 6.00. The Balaban J connectivity index is 2.59. The van der Waals surface area contributed by atoms with E-state index in [4.69, 9.17) is 4.74 Å². The minimum atomic E-state index is 0.266. The molecule has 2 heteroatoms. The van der Waals surface area contributed by atoms with Crippen molar-refractivity contribution in [2.75, 3.05) is 0 Å². The van der Waals surface area contributed by atoms with E-state index in [1.54, 1.807) is 0 Å². The Morgan fingerprint density at radius 1 is 1.40 bits per heavy atom. The average molecular weight is 134 g/mol. The fraction of sp³-hybridized carbons (Fsp3) is 0.375. The Labute approximate surface area is 62.2 Å². The zero-order valence-electron chi connectivity index (χ0n) is 6.37. The fourth-order valence-corrected chi connectivity index (χ4v) is 0.771. The topological polar surface area (TPSA) is 9.23 Å². The molecule has 0 N–H and O–H groups in total. The molecule has 10 heavy (non-hydrogen) atoms. The number of hydrogen-bond donors (Lipinski definition) is 0. The van der Waals surface area contributed by atoms with E-state index in [2.05, 4.69) is 0 Å². The van der Waals surface area contributed by atoms with Crippen LogP contribution in [-0.4, -0.2) is 13.0 Å². The van der Waals surface area contributed by atoms with Gasteiger partial charge in [0.15, 0.2) is 0 Å². The molecular formula is C8H11BO. The summed E-state index contributed by atoms with van der Waals surface area (Å²) < 4.78 is 5.41. The summed E-state index contributed by atoms with van der Waals surface area (Å²) in [6, 6.07) is 5.91. The molecule has 0 fully saturated rings. The second-order valence-corrected chi connectivity index (χ2v) is 2.48. The van der Waals surface area contributed by atoms with E-state index in [0.29, 0.717) is 0 Å². The van der Waals surface area contributed by atoms with Crippen LogP contribution in [0.2, 0.25) is 0 Å². The van der Waals surface area contributed by atoms with Gasteiger partial charge >= 0.3 is 61.4 Å². The summed E-state index contributed by atoms with van der Waals surface area (Å²) in [7, 11) is 0. The van der Waals surface area contributed by atoms with Crippen LogP contribution in [0.5, 0.6) is 5.64 Å². The van der Waals surface area contributed by atoms with Crippen LogP contribution in [-0.2, 0) is 0 Å². The van der Waals surface area contributed by atoms with Gasteiger partial charge in [0.1, 0.15) is 0 Å². The van der Waals surface area contributed by atoms with E-state index in [9.17, 15) is 0 Å². The molecule has 0 aliphatic rings. The zero-order chi connectivity index (χ0) is 7.40. The third-order valence-electron chi connectivity index (χ3n) is 1.11. The molecule has 0 aromatic carbocycles. The third-order valence-corrected chi connectivity index (χ3v) is 1.11. The summed E-state index contributed by atoms with van der Waals surface area (Å²) in [5.41, 5.74) is 0.942. The van der Waals surface area contributed by atoms with Crippen LogP contribution in [0.1, 0.15) is 13.8 Å². The molecule has 1 rings (SSSR count). The second kappa shape index (κ2) is 3.40. The van der Waals surface area contributed by atoms with Crippen molar-refractivity contribution in [3.05, 3.63) is 24.2 Å². The summed E-state index contributed by atoms with van der Waals surface area (Å²) >= 11 is 0. The normalized spacial score (nSPS) is 9.50. The van der Waals surface area contributed by atoms with Gasteiger partial charge in [-0.1, -0.05) is 0 Å². The second-order valence-electron chi connectivity index (χ2n) is 2.48. The molecular weight excluding hydrogens is 123 g/mol. The first-order valence-electron chi connectivity index (χ1n) is 3.51. The summed E-state index contributed by atoms with van der Waals surface area (Å²) in [5.74, 6) is 1.97. The van der Waals surface area contributed by atoms with E-state index < -0.39 is 0 Å². The molecule has 0 unspecified atom stereocenters. The summed E-state index contributed by atoms with van der Waals surface area (Å²) in [4.78, 5) is 0. The molecule has 0 amide bonds. The summed E-state index contributed by atoms with van der Waals surface area (Å²) in [5, 5.41) is 0. The predicted octanol–water partition coefficient (Wildman–Crippen LogP) is 1.81. The number of rotatable bonds is 2. The maximum absolute atomic E-state index is 5.41. The van der Waals surface area contributed by atoms with Gasteiger partial charge in [0.2, 0.25) is 0 Å². The molecule has 0 saturated heterocycles. The molecule has 1 heterocycles. The fourth-order valence-electron chi connectivity index (χ4n) is 0.771. The molecule has 0 saturated carbocycles. The van der Waals surface area contributed by atoms with Gasteiger partial charge in [-0.2, -0.15) is 0 Å². The maximum atomic E-state index is 5.41. The van der Waals surface area contributed by atoms with E-state index >= 15 is 0 Å². The molecule has 1 aromatic rings. The van der Waals surface area contributed by atoms with Crippen LogP contribution >= 0.6 is 0 Å². The predicted molar refractivity (Wildman–Crippen MR) is 43.6 cm³/mol. The molecule has 0 radical (unpaired) electrons.